The molecule has 6 nitrogen and oxygen atoms in total. The number of hydrogen-bond acceptors (Lipinski definition) is 4. The number of rotatable bonds is 7. The SMILES string of the molecule is CCCCC(=O)N(C)Cc1ccc(-c2ccccc2-c2nn[nH]n2)cc1. The van der Waals surface area contributed by atoms with Gasteiger partial charge in [-0.2, -0.15) is 5.21 Å². The molecule has 6 heteroatoms. The fourth-order valence-electron chi connectivity index (χ4n) is 2.88. The molecule has 2 aromatic carbocycles. The number of H-pyrrole nitrogens is 1. The minimum absolute atomic E-state index is 0.193. The molecule has 0 bridgehead atoms. The van der Waals surface area contributed by atoms with E-state index in [2.05, 4.69) is 51.8 Å². The summed E-state index contributed by atoms with van der Waals surface area (Å²) in [5.41, 5.74) is 4.17. The van der Waals surface area contributed by atoms with Gasteiger partial charge in [-0.3, -0.25) is 4.79 Å². The van der Waals surface area contributed by atoms with Crippen LogP contribution in [0.4, 0.5) is 0 Å². The van der Waals surface area contributed by atoms with Crippen molar-refractivity contribution in [2.45, 2.75) is 32.7 Å². The Labute approximate surface area is 153 Å². The van der Waals surface area contributed by atoms with Gasteiger partial charge in [-0.1, -0.05) is 61.9 Å². The molecular formula is C20H23N5O. The van der Waals surface area contributed by atoms with Crippen LogP contribution in [0.1, 0.15) is 31.7 Å². The lowest BCUT2D eigenvalue weighted by atomic mass is 9.98. The Morgan fingerprint density at radius 2 is 1.81 bits per heavy atom. The zero-order valence-corrected chi connectivity index (χ0v) is 15.1. The summed E-state index contributed by atoms with van der Waals surface area (Å²) in [6.07, 6.45) is 2.59. The standard InChI is InChI=1S/C20H23N5O/c1-3-4-9-19(26)25(2)14-15-10-12-16(13-11-15)17-7-5-6-8-18(17)20-21-23-24-22-20/h5-8,10-13H,3-4,9,14H2,1-2H3,(H,21,22,23,24). The van der Waals surface area contributed by atoms with Crippen molar-refractivity contribution < 1.29 is 4.79 Å². The Hall–Kier alpha value is -3.02. The second-order valence-corrected chi connectivity index (χ2v) is 6.33. The number of nitrogens with zero attached hydrogens (tertiary/aromatic N) is 4. The minimum Gasteiger partial charge on any atom is -0.341 e. The molecule has 3 rings (SSSR count). The molecule has 3 aromatic rings. The summed E-state index contributed by atoms with van der Waals surface area (Å²) in [4.78, 5) is 13.9. The summed E-state index contributed by atoms with van der Waals surface area (Å²) < 4.78 is 0. The number of tetrazole rings is 1. The third kappa shape index (κ3) is 4.14. The van der Waals surface area contributed by atoms with Gasteiger partial charge >= 0.3 is 0 Å². The molecule has 0 spiro atoms. The van der Waals surface area contributed by atoms with E-state index in [9.17, 15) is 4.79 Å². The first-order chi connectivity index (χ1) is 12.7. The average Bonchev–Trinajstić information content (AvgIpc) is 3.21. The van der Waals surface area contributed by atoms with Gasteiger partial charge in [-0.05, 0) is 28.3 Å². The maximum absolute atomic E-state index is 12.1. The van der Waals surface area contributed by atoms with Gasteiger partial charge in [0, 0.05) is 25.6 Å². The minimum atomic E-state index is 0.193. The number of aromatic amines is 1. The highest BCUT2D eigenvalue weighted by molar-refractivity contribution is 5.80. The van der Waals surface area contributed by atoms with Crippen molar-refractivity contribution >= 4 is 5.91 Å². The van der Waals surface area contributed by atoms with Crippen molar-refractivity contribution in [3.8, 4) is 22.5 Å². The molecule has 0 saturated carbocycles. The number of benzene rings is 2. The summed E-state index contributed by atoms with van der Waals surface area (Å²) in [6, 6.07) is 16.2. The van der Waals surface area contributed by atoms with Crippen molar-refractivity contribution in [2.75, 3.05) is 7.05 Å². The summed E-state index contributed by atoms with van der Waals surface area (Å²) in [5, 5.41) is 14.3. The fourth-order valence-corrected chi connectivity index (χ4v) is 2.88. The first kappa shape index (κ1) is 17.8. The topological polar surface area (TPSA) is 74.8 Å². The van der Waals surface area contributed by atoms with Crippen LogP contribution in [0.2, 0.25) is 0 Å². The van der Waals surface area contributed by atoms with Crippen LogP contribution in [0, 0.1) is 0 Å². The molecule has 0 radical (unpaired) electrons. The maximum atomic E-state index is 12.1. The van der Waals surface area contributed by atoms with Crippen LogP contribution in [0.25, 0.3) is 22.5 Å². The third-order valence-corrected chi connectivity index (χ3v) is 4.37. The molecule has 0 atom stereocenters. The summed E-state index contributed by atoms with van der Waals surface area (Å²) in [5.74, 6) is 0.768. The molecule has 0 aliphatic rings. The number of unbranched alkanes of at least 4 members (excludes halogenated alkanes) is 1. The van der Waals surface area contributed by atoms with E-state index >= 15 is 0 Å². The van der Waals surface area contributed by atoms with Gasteiger partial charge in [0.2, 0.25) is 11.7 Å². The first-order valence-electron chi connectivity index (χ1n) is 8.85. The predicted molar refractivity (Wildman–Crippen MR) is 101 cm³/mol. The average molecular weight is 349 g/mol. The zero-order valence-electron chi connectivity index (χ0n) is 15.1. The molecule has 0 unspecified atom stereocenters. The lowest BCUT2D eigenvalue weighted by molar-refractivity contribution is -0.130. The number of carbonyl (C=O) groups excluding carboxylic acids is 1. The van der Waals surface area contributed by atoms with Crippen molar-refractivity contribution in [2.24, 2.45) is 0 Å². The second-order valence-electron chi connectivity index (χ2n) is 6.33. The highest BCUT2D eigenvalue weighted by Gasteiger charge is 2.12. The van der Waals surface area contributed by atoms with Crippen LogP contribution >= 0.6 is 0 Å². The number of hydrogen-bond donors (Lipinski definition) is 1. The van der Waals surface area contributed by atoms with E-state index in [1.807, 2.05) is 31.3 Å². The van der Waals surface area contributed by atoms with Gasteiger partial charge in [-0.15, -0.1) is 10.2 Å². The Bertz CT molecular complexity index is 843. The van der Waals surface area contributed by atoms with Gasteiger partial charge in [0.1, 0.15) is 0 Å². The van der Waals surface area contributed by atoms with Gasteiger partial charge in [0.25, 0.3) is 0 Å². The van der Waals surface area contributed by atoms with E-state index in [0.29, 0.717) is 18.8 Å². The van der Waals surface area contributed by atoms with E-state index in [1.54, 1.807) is 4.90 Å². The summed E-state index contributed by atoms with van der Waals surface area (Å²) in [7, 11) is 1.86. The second kappa shape index (κ2) is 8.38. The fraction of sp³-hybridized carbons (Fsp3) is 0.300. The van der Waals surface area contributed by atoms with Crippen molar-refractivity contribution in [3.05, 3.63) is 54.1 Å². The number of aromatic nitrogens is 4. The van der Waals surface area contributed by atoms with Crippen LogP contribution in [0.15, 0.2) is 48.5 Å². The largest absolute Gasteiger partial charge is 0.341 e. The molecule has 0 saturated heterocycles. The summed E-state index contributed by atoms with van der Waals surface area (Å²) >= 11 is 0. The van der Waals surface area contributed by atoms with Crippen LogP contribution in [0.3, 0.4) is 0 Å². The van der Waals surface area contributed by atoms with Crippen LogP contribution in [-0.2, 0) is 11.3 Å². The molecule has 1 heterocycles. The van der Waals surface area contributed by atoms with Gasteiger partial charge in [0.15, 0.2) is 0 Å². The van der Waals surface area contributed by atoms with Crippen LogP contribution in [0.5, 0.6) is 0 Å². The molecule has 0 aliphatic carbocycles. The Kier molecular flexibility index (Phi) is 5.73. The van der Waals surface area contributed by atoms with E-state index in [1.165, 1.54) is 0 Å². The van der Waals surface area contributed by atoms with E-state index in [-0.39, 0.29) is 5.91 Å². The van der Waals surface area contributed by atoms with Crippen LogP contribution in [-0.4, -0.2) is 38.5 Å². The molecule has 0 fully saturated rings. The quantitative estimate of drug-likeness (QED) is 0.706. The Morgan fingerprint density at radius 3 is 2.46 bits per heavy atom. The van der Waals surface area contributed by atoms with Gasteiger partial charge in [-0.25, -0.2) is 0 Å². The molecular weight excluding hydrogens is 326 g/mol. The lowest BCUT2D eigenvalue weighted by Crippen LogP contribution is -2.25. The zero-order chi connectivity index (χ0) is 18.4. The normalized spacial score (nSPS) is 10.7. The van der Waals surface area contributed by atoms with E-state index in [0.717, 1.165) is 35.1 Å². The van der Waals surface area contributed by atoms with Gasteiger partial charge in [0.05, 0.1) is 0 Å². The highest BCUT2D eigenvalue weighted by Crippen LogP contribution is 2.29. The molecule has 1 N–H and O–H groups in total. The molecule has 26 heavy (non-hydrogen) atoms. The van der Waals surface area contributed by atoms with Gasteiger partial charge < -0.3 is 4.90 Å². The first-order valence-corrected chi connectivity index (χ1v) is 8.85. The predicted octanol–water partition coefficient (Wildman–Crippen LogP) is 3.68. The molecule has 0 aliphatic heterocycles. The molecule has 1 amide bonds. The van der Waals surface area contributed by atoms with Crippen molar-refractivity contribution in [3.63, 3.8) is 0 Å². The van der Waals surface area contributed by atoms with Crippen molar-refractivity contribution in [1.29, 1.82) is 0 Å². The highest BCUT2D eigenvalue weighted by atomic mass is 16.2. The third-order valence-electron chi connectivity index (χ3n) is 4.37. The Balaban J connectivity index is 1.76. The molecule has 134 valence electrons. The Morgan fingerprint density at radius 1 is 1.08 bits per heavy atom. The number of amides is 1. The molecule has 1 aromatic heterocycles. The lowest BCUT2D eigenvalue weighted by Gasteiger charge is -2.17. The van der Waals surface area contributed by atoms with Crippen LogP contribution < -0.4 is 0 Å². The van der Waals surface area contributed by atoms with E-state index in [4.69, 9.17) is 0 Å². The monoisotopic (exact) mass is 349 g/mol. The summed E-state index contributed by atoms with van der Waals surface area (Å²) in [6.45, 7) is 2.72. The smallest absolute Gasteiger partial charge is 0.222 e. The van der Waals surface area contributed by atoms with E-state index < -0.39 is 0 Å². The number of nitrogens with one attached hydrogen (secondary N) is 1. The maximum Gasteiger partial charge on any atom is 0.222 e. The van der Waals surface area contributed by atoms with Crippen molar-refractivity contribution in [1.82, 2.24) is 25.5 Å². The number of carbonyl (C=O) groups is 1.